The summed E-state index contributed by atoms with van der Waals surface area (Å²) in [6.45, 7) is 12.6. The Morgan fingerprint density at radius 2 is 1.55 bits per heavy atom. The van der Waals surface area contributed by atoms with Crippen LogP contribution in [-0.4, -0.2) is 35.4 Å². The molecule has 0 unspecified atom stereocenters. The Kier molecular flexibility index (Phi) is 10.1. The maximum atomic E-state index is 13.9. The smallest absolute Gasteiger partial charge is 0.261 e. The molecule has 0 saturated carbocycles. The summed E-state index contributed by atoms with van der Waals surface area (Å²) in [6, 6.07) is 25.0. The van der Waals surface area contributed by atoms with Crippen molar-refractivity contribution in [1.29, 1.82) is 0 Å². The quantitative estimate of drug-likeness (QED) is 0.330. The van der Waals surface area contributed by atoms with Crippen molar-refractivity contribution in [2.24, 2.45) is 0 Å². The minimum Gasteiger partial charge on any atom is -0.483 e. The number of carbonyl (C=O) groups is 2. The van der Waals surface area contributed by atoms with E-state index in [9.17, 15) is 9.59 Å². The topological polar surface area (TPSA) is 58.6 Å². The zero-order valence-electron chi connectivity index (χ0n) is 23.7. The average Bonchev–Trinajstić information content (AvgIpc) is 2.90. The van der Waals surface area contributed by atoms with Crippen LogP contribution in [0.4, 0.5) is 0 Å². The molecule has 3 rings (SSSR count). The summed E-state index contributed by atoms with van der Waals surface area (Å²) in [4.78, 5) is 29.2. The maximum absolute atomic E-state index is 13.9. The first-order valence-electron chi connectivity index (χ1n) is 13.5. The van der Waals surface area contributed by atoms with Gasteiger partial charge in [0.2, 0.25) is 5.91 Å². The molecule has 0 radical (unpaired) electrons. The molecule has 38 heavy (non-hydrogen) atoms. The minimum atomic E-state index is -0.681. The number of hydrogen-bond donors (Lipinski definition) is 1. The molecular formula is C33H42N2O3. The van der Waals surface area contributed by atoms with E-state index in [-0.39, 0.29) is 29.9 Å². The Morgan fingerprint density at radius 1 is 0.921 bits per heavy atom. The molecule has 0 saturated heterocycles. The van der Waals surface area contributed by atoms with Gasteiger partial charge in [-0.3, -0.25) is 9.59 Å². The summed E-state index contributed by atoms with van der Waals surface area (Å²) in [5, 5.41) is 3.11. The van der Waals surface area contributed by atoms with Gasteiger partial charge in [0, 0.05) is 19.0 Å². The lowest BCUT2D eigenvalue weighted by molar-refractivity contribution is -0.143. The summed E-state index contributed by atoms with van der Waals surface area (Å²) >= 11 is 0. The highest BCUT2D eigenvalue weighted by atomic mass is 16.5. The molecule has 2 amide bonds. The predicted molar refractivity (Wildman–Crippen MR) is 154 cm³/mol. The average molecular weight is 515 g/mol. The fourth-order valence-corrected chi connectivity index (χ4v) is 4.40. The maximum Gasteiger partial charge on any atom is 0.261 e. The second-order valence-electron chi connectivity index (χ2n) is 11.0. The van der Waals surface area contributed by atoms with Crippen molar-refractivity contribution < 1.29 is 14.3 Å². The van der Waals surface area contributed by atoms with Crippen LogP contribution in [0.1, 0.15) is 63.3 Å². The van der Waals surface area contributed by atoms with Crippen LogP contribution in [0.25, 0.3) is 0 Å². The molecule has 0 aliphatic heterocycles. The van der Waals surface area contributed by atoms with Crippen LogP contribution >= 0.6 is 0 Å². The van der Waals surface area contributed by atoms with E-state index in [4.69, 9.17) is 4.74 Å². The monoisotopic (exact) mass is 514 g/mol. The number of rotatable bonds is 11. The summed E-state index contributed by atoms with van der Waals surface area (Å²) in [5.74, 6) is 0.310. The highest BCUT2D eigenvalue weighted by molar-refractivity contribution is 5.88. The van der Waals surface area contributed by atoms with E-state index in [1.165, 1.54) is 0 Å². The van der Waals surface area contributed by atoms with Gasteiger partial charge in [0.15, 0.2) is 6.61 Å². The van der Waals surface area contributed by atoms with Gasteiger partial charge in [0.1, 0.15) is 11.8 Å². The van der Waals surface area contributed by atoms with Crippen molar-refractivity contribution >= 4 is 11.8 Å². The molecule has 5 heteroatoms. The number of hydrogen-bond acceptors (Lipinski definition) is 3. The Morgan fingerprint density at radius 3 is 2.21 bits per heavy atom. The number of nitrogens with one attached hydrogen (secondary N) is 1. The molecule has 0 aromatic heterocycles. The SMILES string of the molecule is CC[C@@H](C)NC(=O)[C@H](Cc1ccccc1)N(Cc1ccccc1C)C(=O)COc1ccccc1C(C)(C)C. The molecule has 5 nitrogen and oxygen atoms in total. The van der Waals surface area contributed by atoms with E-state index in [2.05, 4.69) is 26.1 Å². The van der Waals surface area contributed by atoms with Crippen LogP contribution in [0.2, 0.25) is 0 Å². The number of ether oxygens (including phenoxy) is 1. The standard InChI is InChI=1S/C33H42N2O3/c1-7-25(3)34-32(37)29(21-26-16-9-8-10-17-26)35(22-27-18-12-11-15-24(27)2)31(36)23-38-30-20-14-13-19-28(30)33(4,5)6/h8-20,25,29H,7,21-23H2,1-6H3,(H,34,37)/t25-,29+/m1/s1. The van der Waals surface area contributed by atoms with E-state index in [0.717, 1.165) is 28.7 Å². The van der Waals surface area contributed by atoms with Gasteiger partial charge in [0.05, 0.1) is 0 Å². The Hall–Kier alpha value is -3.60. The first-order chi connectivity index (χ1) is 18.1. The molecule has 3 aromatic rings. The van der Waals surface area contributed by atoms with Gasteiger partial charge >= 0.3 is 0 Å². The largest absolute Gasteiger partial charge is 0.483 e. The van der Waals surface area contributed by atoms with Crippen LogP contribution in [0.3, 0.4) is 0 Å². The minimum absolute atomic E-state index is 0.00565. The van der Waals surface area contributed by atoms with Gasteiger partial charge in [-0.2, -0.15) is 0 Å². The molecular weight excluding hydrogens is 472 g/mol. The number of amides is 2. The van der Waals surface area contributed by atoms with Gasteiger partial charge in [0.25, 0.3) is 5.91 Å². The fraction of sp³-hybridized carbons (Fsp3) is 0.394. The molecule has 3 aromatic carbocycles. The zero-order chi connectivity index (χ0) is 27.7. The molecule has 0 heterocycles. The Labute approximate surface area is 228 Å². The van der Waals surface area contributed by atoms with Crippen molar-refractivity contribution in [1.82, 2.24) is 10.2 Å². The zero-order valence-corrected chi connectivity index (χ0v) is 23.7. The number of para-hydroxylation sites is 1. The predicted octanol–water partition coefficient (Wildman–Crippen LogP) is 6.23. The van der Waals surface area contributed by atoms with Crippen molar-refractivity contribution in [2.45, 2.75) is 78.4 Å². The highest BCUT2D eigenvalue weighted by Crippen LogP contribution is 2.31. The van der Waals surface area contributed by atoms with Gasteiger partial charge in [-0.25, -0.2) is 0 Å². The van der Waals surface area contributed by atoms with E-state index >= 15 is 0 Å². The molecule has 202 valence electrons. The third kappa shape index (κ3) is 7.95. The Bertz CT molecular complexity index is 1200. The van der Waals surface area contributed by atoms with Gasteiger partial charge in [-0.05, 0) is 54.0 Å². The second kappa shape index (κ2) is 13.3. The lowest BCUT2D eigenvalue weighted by Crippen LogP contribution is -2.53. The van der Waals surface area contributed by atoms with Crippen molar-refractivity contribution in [3.63, 3.8) is 0 Å². The molecule has 1 N–H and O–H groups in total. The number of benzene rings is 3. The molecule has 0 aliphatic rings. The highest BCUT2D eigenvalue weighted by Gasteiger charge is 2.32. The van der Waals surface area contributed by atoms with E-state index in [0.29, 0.717) is 18.7 Å². The fourth-order valence-electron chi connectivity index (χ4n) is 4.40. The van der Waals surface area contributed by atoms with Crippen molar-refractivity contribution in [3.05, 3.63) is 101 Å². The van der Waals surface area contributed by atoms with Crippen LogP contribution < -0.4 is 10.1 Å². The number of aryl methyl sites for hydroxylation is 1. The number of nitrogens with zero attached hydrogens (tertiary/aromatic N) is 1. The number of carbonyl (C=O) groups excluding carboxylic acids is 2. The first kappa shape index (κ1) is 29.0. The van der Waals surface area contributed by atoms with Crippen LogP contribution in [0, 0.1) is 6.92 Å². The summed E-state index contributed by atoms with van der Waals surface area (Å²) in [6.07, 6.45) is 1.22. The van der Waals surface area contributed by atoms with Crippen LogP contribution in [0.5, 0.6) is 5.75 Å². The Balaban J connectivity index is 1.96. The van der Waals surface area contributed by atoms with Crippen LogP contribution in [-0.2, 0) is 28.0 Å². The molecule has 0 bridgehead atoms. The molecule has 2 atom stereocenters. The van der Waals surface area contributed by atoms with E-state index in [1.807, 2.05) is 99.6 Å². The molecule has 0 fully saturated rings. The van der Waals surface area contributed by atoms with E-state index in [1.54, 1.807) is 4.90 Å². The second-order valence-corrected chi connectivity index (χ2v) is 11.0. The summed E-state index contributed by atoms with van der Waals surface area (Å²) in [5.41, 5.74) is 3.98. The molecule has 0 aliphatic carbocycles. The van der Waals surface area contributed by atoms with Crippen LogP contribution in [0.15, 0.2) is 78.9 Å². The summed E-state index contributed by atoms with van der Waals surface area (Å²) < 4.78 is 6.13. The lowest BCUT2D eigenvalue weighted by Gasteiger charge is -2.33. The molecule has 0 spiro atoms. The van der Waals surface area contributed by atoms with Gasteiger partial charge in [-0.1, -0.05) is 100 Å². The van der Waals surface area contributed by atoms with Crippen molar-refractivity contribution in [2.75, 3.05) is 6.61 Å². The third-order valence-corrected chi connectivity index (χ3v) is 6.92. The van der Waals surface area contributed by atoms with Crippen molar-refractivity contribution in [3.8, 4) is 5.75 Å². The third-order valence-electron chi connectivity index (χ3n) is 6.92. The van der Waals surface area contributed by atoms with Gasteiger partial charge in [-0.15, -0.1) is 0 Å². The van der Waals surface area contributed by atoms with E-state index < -0.39 is 6.04 Å². The first-order valence-corrected chi connectivity index (χ1v) is 13.5. The van der Waals surface area contributed by atoms with Gasteiger partial charge < -0.3 is 15.0 Å². The normalized spacial score (nSPS) is 12.9. The lowest BCUT2D eigenvalue weighted by atomic mass is 9.86. The summed E-state index contributed by atoms with van der Waals surface area (Å²) in [7, 11) is 0.